The molecule has 4 heteroatoms. The molecule has 0 amide bonds. The molecule has 0 aliphatic heterocycles. The Morgan fingerprint density at radius 3 is 1.43 bits per heavy atom. The SMILES string of the molecule is COc1c(C)c(OC)c(F)c(C)c1F. The van der Waals surface area contributed by atoms with E-state index in [0.29, 0.717) is 5.56 Å². The van der Waals surface area contributed by atoms with Crippen molar-refractivity contribution in [1.82, 2.24) is 0 Å². The summed E-state index contributed by atoms with van der Waals surface area (Å²) in [7, 11) is 2.67. The molecule has 0 saturated carbocycles. The summed E-state index contributed by atoms with van der Waals surface area (Å²) in [5.74, 6) is -1.30. The average Bonchev–Trinajstić information content (AvgIpc) is 2.16. The van der Waals surface area contributed by atoms with Crippen molar-refractivity contribution >= 4 is 0 Å². The summed E-state index contributed by atoms with van der Waals surface area (Å²) in [5.41, 5.74) is 0.236. The van der Waals surface area contributed by atoms with Gasteiger partial charge in [0.25, 0.3) is 0 Å². The van der Waals surface area contributed by atoms with Crippen LogP contribution in [0.25, 0.3) is 0 Å². The van der Waals surface area contributed by atoms with Crippen LogP contribution >= 0.6 is 0 Å². The average molecular weight is 202 g/mol. The van der Waals surface area contributed by atoms with E-state index in [2.05, 4.69) is 0 Å². The first-order chi connectivity index (χ1) is 6.54. The quantitative estimate of drug-likeness (QED) is 0.733. The predicted octanol–water partition coefficient (Wildman–Crippen LogP) is 2.60. The molecule has 0 unspecified atom stereocenters. The lowest BCUT2D eigenvalue weighted by molar-refractivity contribution is 0.350. The summed E-state index contributed by atoms with van der Waals surface area (Å²) >= 11 is 0. The fourth-order valence-corrected chi connectivity index (χ4v) is 1.35. The molecule has 1 aromatic rings. The van der Waals surface area contributed by atoms with Crippen LogP contribution in [0, 0.1) is 25.5 Å². The maximum Gasteiger partial charge on any atom is 0.171 e. The van der Waals surface area contributed by atoms with E-state index < -0.39 is 11.6 Å². The second-order valence-corrected chi connectivity index (χ2v) is 2.94. The third-order valence-electron chi connectivity index (χ3n) is 2.15. The second-order valence-electron chi connectivity index (χ2n) is 2.94. The molecule has 0 bridgehead atoms. The van der Waals surface area contributed by atoms with E-state index in [0.717, 1.165) is 0 Å². The smallest absolute Gasteiger partial charge is 0.171 e. The minimum Gasteiger partial charge on any atom is -0.493 e. The molecule has 14 heavy (non-hydrogen) atoms. The van der Waals surface area contributed by atoms with Crippen molar-refractivity contribution in [3.8, 4) is 11.5 Å². The maximum atomic E-state index is 13.4. The Morgan fingerprint density at radius 1 is 0.786 bits per heavy atom. The number of rotatable bonds is 2. The Bertz CT molecular complexity index is 331. The van der Waals surface area contributed by atoms with Gasteiger partial charge in [-0.3, -0.25) is 0 Å². The summed E-state index contributed by atoms with van der Waals surface area (Å²) in [6.45, 7) is 2.89. The minimum atomic E-state index is -0.678. The first-order valence-corrected chi connectivity index (χ1v) is 4.10. The van der Waals surface area contributed by atoms with Crippen LogP contribution in [0.2, 0.25) is 0 Å². The number of halogens is 2. The first-order valence-electron chi connectivity index (χ1n) is 4.10. The third kappa shape index (κ3) is 1.41. The van der Waals surface area contributed by atoms with Gasteiger partial charge in [0.05, 0.1) is 14.2 Å². The molecule has 0 aliphatic carbocycles. The van der Waals surface area contributed by atoms with Gasteiger partial charge >= 0.3 is 0 Å². The van der Waals surface area contributed by atoms with Crippen LogP contribution in [0.15, 0.2) is 0 Å². The van der Waals surface area contributed by atoms with Crippen molar-refractivity contribution in [2.75, 3.05) is 14.2 Å². The Kier molecular flexibility index (Phi) is 2.93. The van der Waals surface area contributed by atoms with E-state index in [4.69, 9.17) is 9.47 Å². The van der Waals surface area contributed by atoms with E-state index in [9.17, 15) is 8.78 Å². The molecular formula is C10H12F2O2. The zero-order chi connectivity index (χ0) is 10.9. The van der Waals surface area contributed by atoms with Gasteiger partial charge in [-0.2, -0.15) is 0 Å². The molecular weight excluding hydrogens is 190 g/mol. The number of hydrogen-bond acceptors (Lipinski definition) is 2. The summed E-state index contributed by atoms with van der Waals surface area (Å²) in [6, 6.07) is 0. The van der Waals surface area contributed by atoms with Gasteiger partial charge < -0.3 is 9.47 Å². The number of ether oxygens (including phenoxy) is 2. The van der Waals surface area contributed by atoms with Gasteiger partial charge in [0.2, 0.25) is 0 Å². The highest BCUT2D eigenvalue weighted by atomic mass is 19.1. The predicted molar refractivity (Wildman–Crippen MR) is 48.9 cm³/mol. The van der Waals surface area contributed by atoms with Crippen LogP contribution in [0.5, 0.6) is 11.5 Å². The normalized spacial score (nSPS) is 10.1. The lowest BCUT2D eigenvalue weighted by Gasteiger charge is -2.13. The lowest BCUT2D eigenvalue weighted by Crippen LogP contribution is -2.02. The van der Waals surface area contributed by atoms with Crippen molar-refractivity contribution in [2.45, 2.75) is 13.8 Å². The van der Waals surface area contributed by atoms with Crippen LogP contribution < -0.4 is 9.47 Å². The van der Waals surface area contributed by atoms with Crippen molar-refractivity contribution in [2.24, 2.45) is 0 Å². The van der Waals surface area contributed by atoms with Crippen LogP contribution in [-0.4, -0.2) is 14.2 Å². The monoisotopic (exact) mass is 202 g/mol. The largest absolute Gasteiger partial charge is 0.493 e. The zero-order valence-electron chi connectivity index (χ0n) is 8.57. The molecule has 78 valence electrons. The highest BCUT2D eigenvalue weighted by molar-refractivity contribution is 5.49. The van der Waals surface area contributed by atoms with Crippen LogP contribution in [0.4, 0.5) is 8.78 Å². The van der Waals surface area contributed by atoms with E-state index in [1.807, 2.05) is 0 Å². The summed E-state index contributed by atoms with van der Waals surface area (Å²) in [6.07, 6.45) is 0. The third-order valence-corrected chi connectivity index (χ3v) is 2.15. The molecule has 0 aliphatic rings. The topological polar surface area (TPSA) is 18.5 Å². The fraction of sp³-hybridized carbons (Fsp3) is 0.400. The summed E-state index contributed by atoms with van der Waals surface area (Å²) in [4.78, 5) is 0. The highest BCUT2D eigenvalue weighted by Gasteiger charge is 2.20. The Balaban J connectivity index is 3.56. The molecule has 0 radical (unpaired) electrons. The Morgan fingerprint density at radius 2 is 1.14 bits per heavy atom. The minimum absolute atomic E-state index is 0.0285. The van der Waals surface area contributed by atoms with Crippen molar-refractivity contribution < 1.29 is 18.3 Å². The zero-order valence-corrected chi connectivity index (χ0v) is 8.57. The van der Waals surface area contributed by atoms with Gasteiger partial charge in [0.15, 0.2) is 23.1 Å². The van der Waals surface area contributed by atoms with E-state index in [1.54, 1.807) is 6.92 Å². The lowest BCUT2D eigenvalue weighted by atomic mass is 10.1. The molecule has 0 fully saturated rings. The van der Waals surface area contributed by atoms with Crippen LogP contribution in [0.3, 0.4) is 0 Å². The van der Waals surface area contributed by atoms with Gasteiger partial charge in [-0.15, -0.1) is 0 Å². The van der Waals surface area contributed by atoms with Crippen molar-refractivity contribution in [1.29, 1.82) is 0 Å². The Labute approximate surface area is 81.4 Å². The second kappa shape index (κ2) is 3.82. The van der Waals surface area contributed by atoms with Gasteiger partial charge in [0.1, 0.15) is 0 Å². The molecule has 1 rings (SSSR count). The first kappa shape index (κ1) is 10.8. The van der Waals surface area contributed by atoms with Crippen molar-refractivity contribution in [3.63, 3.8) is 0 Å². The Hall–Kier alpha value is -1.32. The van der Waals surface area contributed by atoms with Gasteiger partial charge in [-0.05, 0) is 13.8 Å². The highest BCUT2D eigenvalue weighted by Crippen LogP contribution is 2.35. The molecule has 0 spiro atoms. The van der Waals surface area contributed by atoms with Crippen LogP contribution in [-0.2, 0) is 0 Å². The van der Waals surface area contributed by atoms with E-state index >= 15 is 0 Å². The van der Waals surface area contributed by atoms with Gasteiger partial charge in [-0.25, -0.2) is 8.78 Å². The summed E-state index contributed by atoms with van der Waals surface area (Å²) < 4.78 is 36.5. The number of benzene rings is 1. The van der Waals surface area contributed by atoms with Gasteiger partial charge in [0, 0.05) is 11.1 Å². The molecule has 0 aromatic heterocycles. The number of hydrogen-bond donors (Lipinski definition) is 0. The van der Waals surface area contributed by atoms with Crippen LogP contribution in [0.1, 0.15) is 11.1 Å². The molecule has 0 N–H and O–H groups in total. The van der Waals surface area contributed by atoms with E-state index in [1.165, 1.54) is 21.1 Å². The number of methoxy groups -OCH3 is 2. The standard InChI is InChI=1S/C10H12F2O2/c1-5-7(11)9(13-3)6(2)10(14-4)8(5)12/h1-4H3. The van der Waals surface area contributed by atoms with Crippen molar-refractivity contribution in [3.05, 3.63) is 22.8 Å². The molecule has 0 saturated heterocycles. The molecule has 0 atom stereocenters. The molecule has 0 heterocycles. The fourth-order valence-electron chi connectivity index (χ4n) is 1.35. The van der Waals surface area contributed by atoms with E-state index in [-0.39, 0.29) is 17.1 Å². The maximum absolute atomic E-state index is 13.4. The summed E-state index contributed by atoms with van der Waals surface area (Å²) in [5, 5.41) is 0. The van der Waals surface area contributed by atoms with Gasteiger partial charge in [-0.1, -0.05) is 0 Å². The molecule has 2 nitrogen and oxygen atoms in total. The molecule has 1 aromatic carbocycles.